The van der Waals surface area contributed by atoms with E-state index < -0.39 is 0 Å². The highest BCUT2D eigenvalue weighted by atomic mass is 16.5. The molecule has 0 atom stereocenters. The molecule has 0 spiro atoms. The van der Waals surface area contributed by atoms with Gasteiger partial charge in [0.1, 0.15) is 12.5 Å². The van der Waals surface area contributed by atoms with Crippen molar-refractivity contribution in [2.24, 2.45) is 0 Å². The van der Waals surface area contributed by atoms with E-state index in [1.807, 2.05) is 6.07 Å². The Morgan fingerprint density at radius 2 is 1.79 bits per heavy atom. The molecule has 0 aliphatic rings. The summed E-state index contributed by atoms with van der Waals surface area (Å²) in [6.07, 6.45) is 0. The van der Waals surface area contributed by atoms with Gasteiger partial charge in [0.2, 0.25) is 0 Å². The van der Waals surface area contributed by atoms with E-state index >= 15 is 0 Å². The molecule has 0 aliphatic carbocycles. The fraction of sp³-hybridized carbons (Fsp3) is 0.455. The molecule has 3 nitrogen and oxygen atoms in total. The minimum absolute atomic E-state index is 0.485. The van der Waals surface area contributed by atoms with Gasteiger partial charge in [-0.15, -0.1) is 0 Å². The van der Waals surface area contributed by atoms with E-state index in [0.717, 1.165) is 11.4 Å². The maximum absolute atomic E-state index is 5.26. The lowest BCUT2D eigenvalue weighted by Gasteiger charge is -2.12. The van der Waals surface area contributed by atoms with Gasteiger partial charge in [-0.1, -0.05) is 0 Å². The van der Waals surface area contributed by atoms with Crippen molar-refractivity contribution in [2.75, 3.05) is 26.3 Å². The monoisotopic (exact) mass is 195 g/mol. The molecule has 0 fully saturated rings. The fourth-order valence-corrected chi connectivity index (χ4v) is 1.25. The summed E-state index contributed by atoms with van der Waals surface area (Å²) in [4.78, 5) is 0. The number of rotatable bonds is 4. The van der Waals surface area contributed by atoms with Gasteiger partial charge in [-0.3, -0.25) is 0 Å². The number of benzene rings is 1. The summed E-state index contributed by atoms with van der Waals surface area (Å²) in [5.74, 6) is 0.852. The largest absolute Gasteiger partial charge is 0.495 e. The third kappa shape index (κ3) is 2.39. The Hall–Kier alpha value is -1.22. The quantitative estimate of drug-likeness (QED) is 0.748. The molecule has 0 amide bonds. The summed E-state index contributed by atoms with van der Waals surface area (Å²) in [5.41, 5.74) is 3.44. The Bertz CT molecular complexity index is 310. The third-order valence-electron chi connectivity index (χ3n) is 2.22. The molecule has 0 heterocycles. The molecule has 0 bridgehead atoms. The molecule has 1 aromatic carbocycles. The number of anilines is 1. The molecule has 0 unspecified atom stereocenters. The molecule has 1 rings (SSSR count). The van der Waals surface area contributed by atoms with E-state index in [1.165, 1.54) is 11.1 Å². The third-order valence-corrected chi connectivity index (χ3v) is 2.22. The SMILES string of the molecule is COCNc1cc(C)c(C)cc1OC. The van der Waals surface area contributed by atoms with Crippen LogP contribution in [0.5, 0.6) is 5.75 Å². The van der Waals surface area contributed by atoms with Crippen molar-refractivity contribution < 1.29 is 9.47 Å². The maximum Gasteiger partial charge on any atom is 0.142 e. The summed E-state index contributed by atoms with van der Waals surface area (Å²) in [5, 5.41) is 3.13. The standard InChI is InChI=1S/C11H17NO2/c1-8-5-10(12-7-13-3)11(14-4)6-9(8)2/h5-6,12H,7H2,1-4H3. The molecular formula is C11H17NO2. The number of hydrogen-bond acceptors (Lipinski definition) is 3. The molecule has 0 saturated heterocycles. The molecule has 0 radical (unpaired) electrons. The number of aryl methyl sites for hydroxylation is 2. The van der Waals surface area contributed by atoms with E-state index in [4.69, 9.17) is 9.47 Å². The van der Waals surface area contributed by atoms with E-state index in [9.17, 15) is 0 Å². The van der Waals surface area contributed by atoms with Gasteiger partial charge in [-0.2, -0.15) is 0 Å². The first-order valence-electron chi connectivity index (χ1n) is 4.57. The highest BCUT2D eigenvalue weighted by molar-refractivity contribution is 5.59. The second-order valence-corrected chi connectivity index (χ2v) is 3.25. The van der Waals surface area contributed by atoms with Crippen molar-refractivity contribution in [3.63, 3.8) is 0 Å². The molecule has 1 N–H and O–H groups in total. The summed E-state index contributed by atoms with van der Waals surface area (Å²) >= 11 is 0. The summed E-state index contributed by atoms with van der Waals surface area (Å²) in [7, 11) is 3.32. The van der Waals surface area contributed by atoms with Crippen LogP contribution in [0.1, 0.15) is 11.1 Å². The first-order valence-corrected chi connectivity index (χ1v) is 4.57. The molecule has 78 valence electrons. The zero-order valence-electron chi connectivity index (χ0n) is 9.18. The number of ether oxygens (including phenoxy) is 2. The maximum atomic E-state index is 5.26. The van der Waals surface area contributed by atoms with Gasteiger partial charge in [0.15, 0.2) is 0 Å². The van der Waals surface area contributed by atoms with Crippen LogP contribution in [-0.4, -0.2) is 21.0 Å². The lowest BCUT2D eigenvalue weighted by molar-refractivity contribution is 0.221. The lowest BCUT2D eigenvalue weighted by Crippen LogP contribution is -2.05. The zero-order chi connectivity index (χ0) is 10.6. The van der Waals surface area contributed by atoms with E-state index in [1.54, 1.807) is 14.2 Å². The van der Waals surface area contributed by atoms with Crippen molar-refractivity contribution in [3.05, 3.63) is 23.3 Å². The predicted molar refractivity (Wildman–Crippen MR) is 58.0 cm³/mol. The van der Waals surface area contributed by atoms with Crippen LogP contribution < -0.4 is 10.1 Å². The van der Waals surface area contributed by atoms with Gasteiger partial charge >= 0.3 is 0 Å². The second kappa shape index (κ2) is 4.86. The van der Waals surface area contributed by atoms with Crippen molar-refractivity contribution >= 4 is 5.69 Å². The molecule has 3 heteroatoms. The van der Waals surface area contributed by atoms with Gasteiger partial charge < -0.3 is 14.8 Å². The molecule has 0 saturated carbocycles. The normalized spacial score (nSPS) is 10.0. The molecular weight excluding hydrogens is 178 g/mol. The van der Waals surface area contributed by atoms with Gasteiger partial charge in [-0.05, 0) is 37.1 Å². The minimum atomic E-state index is 0.485. The Labute approximate surface area is 85.0 Å². The highest BCUT2D eigenvalue weighted by Gasteiger charge is 2.04. The molecule has 0 aromatic heterocycles. The summed E-state index contributed by atoms with van der Waals surface area (Å²) in [6.45, 7) is 4.63. The van der Waals surface area contributed by atoms with Gasteiger partial charge in [0.25, 0.3) is 0 Å². The second-order valence-electron chi connectivity index (χ2n) is 3.25. The molecule has 1 aromatic rings. The van der Waals surface area contributed by atoms with Crippen LogP contribution in [0.25, 0.3) is 0 Å². The van der Waals surface area contributed by atoms with Gasteiger partial charge in [0, 0.05) is 7.11 Å². The first kappa shape index (κ1) is 10.9. The Morgan fingerprint density at radius 3 is 2.36 bits per heavy atom. The Balaban J connectivity index is 2.95. The number of nitrogens with one attached hydrogen (secondary N) is 1. The number of hydrogen-bond donors (Lipinski definition) is 1. The van der Waals surface area contributed by atoms with Crippen LogP contribution in [0.4, 0.5) is 5.69 Å². The average molecular weight is 195 g/mol. The Kier molecular flexibility index (Phi) is 3.77. The zero-order valence-corrected chi connectivity index (χ0v) is 9.18. The van der Waals surface area contributed by atoms with Crippen molar-refractivity contribution in [1.82, 2.24) is 0 Å². The van der Waals surface area contributed by atoms with Crippen LogP contribution in [0.2, 0.25) is 0 Å². The van der Waals surface area contributed by atoms with Crippen molar-refractivity contribution in [1.29, 1.82) is 0 Å². The van der Waals surface area contributed by atoms with Crippen LogP contribution in [0.15, 0.2) is 12.1 Å². The summed E-state index contributed by atoms with van der Waals surface area (Å²) < 4.78 is 10.2. The smallest absolute Gasteiger partial charge is 0.142 e. The predicted octanol–water partition coefficient (Wildman–Crippen LogP) is 2.33. The van der Waals surface area contributed by atoms with Crippen LogP contribution in [0.3, 0.4) is 0 Å². The van der Waals surface area contributed by atoms with Crippen molar-refractivity contribution in [2.45, 2.75) is 13.8 Å². The van der Waals surface area contributed by atoms with Gasteiger partial charge in [-0.25, -0.2) is 0 Å². The van der Waals surface area contributed by atoms with E-state index in [-0.39, 0.29) is 0 Å². The van der Waals surface area contributed by atoms with Gasteiger partial charge in [0.05, 0.1) is 12.8 Å². The molecule has 0 aliphatic heterocycles. The van der Waals surface area contributed by atoms with E-state index in [0.29, 0.717) is 6.73 Å². The highest BCUT2D eigenvalue weighted by Crippen LogP contribution is 2.27. The minimum Gasteiger partial charge on any atom is -0.495 e. The molecule has 14 heavy (non-hydrogen) atoms. The Morgan fingerprint density at radius 1 is 1.14 bits per heavy atom. The van der Waals surface area contributed by atoms with Crippen molar-refractivity contribution in [3.8, 4) is 5.75 Å². The number of methoxy groups -OCH3 is 2. The van der Waals surface area contributed by atoms with Crippen LogP contribution in [0, 0.1) is 13.8 Å². The van der Waals surface area contributed by atoms with Crippen LogP contribution in [-0.2, 0) is 4.74 Å². The average Bonchev–Trinajstić information content (AvgIpc) is 2.19. The lowest BCUT2D eigenvalue weighted by atomic mass is 10.1. The first-order chi connectivity index (χ1) is 6.69. The fourth-order valence-electron chi connectivity index (χ4n) is 1.25. The summed E-state index contributed by atoms with van der Waals surface area (Å²) in [6, 6.07) is 4.08. The van der Waals surface area contributed by atoms with E-state index in [2.05, 4.69) is 25.2 Å². The van der Waals surface area contributed by atoms with Crippen LogP contribution >= 0.6 is 0 Å². The topological polar surface area (TPSA) is 30.5 Å².